The van der Waals surface area contributed by atoms with E-state index >= 15 is 0 Å². The van der Waals surface area contributed by atoms with Crippen molar-refractivity contribution in [3.8, 4) is 0 Å². The Balaban J connectivity index is 1.65. The predicted molar refractivity (Wildman–Crippen MR) is 115 cm³/mol. The van der Waals surface area contributed by atoms with Crippen molar-refractivity contribution in [3.05, 3.63) is 94.5 Å². The summed E-state index contributed by atoms with van der Waals surface area (Å²) in [6.07, 6.45) is 0. The van der Waals surface area contributed by atoms with Crippen molar-refractivity contribution in [2.75, 3.05) is 5.32 Å². The Labute approximate surface area is 173 Å². The van der Waals surface area contributed by atoms with Crippen molar-refractivity contribution < 1.29 is 14.4 Å². The van der Waals surface area contributed by atoms with Gasteiger partial charge in [0.1, 0.15) is 0 Å². The van der Waals surface area contributed by atoms with Gasteiger partial charge in [-0.25, -0.2) is 0 Å². The quantitative estimate of drug-likeness (QED) is 0.477. The first-order valence-corrected chi connectivity index (χ1v) is 10.2. The number of hydrogen-bond acceptors (Lipinski definition) is 4. The van der Waals surface area contributed by atoms with Crippen LogP contribution >= 0.6 is 11.8 Å². The minimum atomic E-state index is -0.321. The SMILES string of the molecule is CC(C)Sc1ccc(C(=O)Nc2cccc3c2C(=O)c2ccccc2C3=O)cc1. The van der Waals surface area contributed by atoms with E-state index in [9.17, 15) is 14.4 Å². The van der Waals surface area contributed by atoms with Crippen LogP contribution in [0.2, 0.25) is 0 Å². The van der Waals surface area contributed by atoms with Crippen LogP contribution in [0.25, 0.3) is 0 Å². The topological polar surface area (TPSA) is 63.2 Å². The molecule has 0 saturated carbocycles. The first kappa shape index (κ1) is 19.2. The van der Waals surface area contributed by atoms with Crippen LogP contribution in [-0.4, -0.2) is 22.7 Å². The molecule has 0 atom stereocenters. The number of amides is 1. The van der Waals surface area contributed by atoms with Crippen LogP contribution in [0.1, 0.15) is 56.0 Å². The Hall–Kier alpha value is -3.18. The third-order valence-electron chi connectivity index (χ3n) is 4.69. The molecule has 144 valence electrons. The van der Waals surface area contributed by atoms with Crippen molar-refractivity contribution in [2.45, 2.75) is 24.0 Å². The molecule has 4 nitrogen and oxygen atoms in total. The molecule has 0 radical (unpaired) electrons. The maximum atomic E-state index is 13.0. The third-order valence-corrected chi connectivity index (χ3v) is 5.70. The second kappa shape index (κ2) is 7.68. The average molecular weight is 401 g/mol. The molecule has 0 spiro atoms. The lowest BCUT2D eigenvalue weighted by atomic mass is 9.83. The molecule has 1 amide bonds. The maximum absolute atomic E-state index is 13.0. The zero-order chi connectivity index (χ0) is 20.5. The zero-order valence-corrected chi connectivity index (χ0v) is 16.9. The van der Waals surface area contributed by atoms with Crippen molar-refractivity contribution in [1.29, 1.82) is 0 Å². The molecule has 4 rings (SSSR count). The molecule has 0 aliphatic heterocycles. The fourth-order valence-corrected chi connectivity index (χ4v) is 4.24. The van der Waals surface area contributed by atoms with E-state index in [1.807, 2.05) is 12.1 Å². The molecule has 0 fully saturated rings. The molecule has 29 heavy (non-hydrogen) atoms. The summed E-state index contributed by atoms with van der Waals surface area (Å²) in [6, 6.07) is 19.1. The lowest BCUT2D eigenvalue weighted by Gasteiger charge is -2.20. The van der Waals surface area contributed by atoms with Crippen molar-refractivity contribution >= 4 is 34.9 Å². The normalized spacial score (nSPS) is 12.5. The first-order valence-electron chi connectivity index (χ1n) is 9.35. The van der Waals surface area contributed by atoms with E-state index in [4.69, 9.17) is 0 Å². The third kappa shape index (κ3) is 3.61. The van der Waals surface area contributed by atoms with E-state index in [0.717, 1.165) is 4.90 Å². The summed E-state index contributed by atoms with van der Waals surface area (Å²) in [4.78, 5) is 39.7. The number of rotatable bonds is 4. The highest BCUT2D eigenvalue weighted by molar-refractivity contribution is 7.99. The number of benzene rings is 3. The van der Waals surface area contributed by atoms with Crippen LogP contribution in [0.4, 0.5) is 5.69 Å². The van der Waals surface area contributed by atoms with E-state index in [1.165, 1.54) is 0 Å². The van der Waals surface area contributed by atoms with E-state index in [2.05, 4.69) is 19.2 Å². The smallest absolute Gasteiger partial charge is 0.255 e. The second-order valence-corrected chi connectivity index (χ2v) is 8.73. The summed E-state index contributed by atoms with van der Waals surface area (Å²) >= 11 is 1.72. The first-order chi connectivity index (χ1) is 14.0. The molecule has 1 N–H and O–H groups in total. The molecule has 0 heterocycles. The minimum Gasteiger partial charge on any atom is -0.321 e. The Kier molecular flexibility index (Phi) is 5.07. The lowest BCUT2D eigenvalue weighted by molar-refractivity contribution is 0.0978. The van der Waals surface area contributed by atoms with Crippen molar-refractivity contribution in [1.82, 2.24) is 0 Å². The number of fused-ring (bicyclic) bond motifs is 2. The highest BCUT2D eigenvalue weighted by Crippen LogP contribution is 2.32. The zero-order valence-electron chi connectivity index (χ0n) is 16.1. The second-order valence-electron chi connectivity index (χ2n) is 7.08. The van der Waals surface area contributed by atoms with Crippen LogP contribution in [-0.2, 0) is 0 Å². The summed E-state index contributed by atoms with van der Waals surface area (Å²) in [5.41, 5.74) is 2.16. The Morgan fingerprint density at radius 1 is 0.793 bits per heavy atom. The van der Waals surface area contributed by atoms with E-state index in [0.29, 0.717) is 33.2 Å². The number of carbonyl (C=O) groups is 3. The van der Waals surface area contributed by atoms with Gasteiger partial charge in [0, 0.05) is 32.4 Å². The van der Waals surface area contributed by atoms with Gasteiger partial charge in [0.2, 0.25) is 0 Å². The molecule has 0 unspecified atom stereocenters. The Bertz CT molecular complexity index is 1130. The number of nitrogens with one attached hydrogen (secondary N) is 1. The molecule has 1 aliphatic rings. The monoisotopic (exact) mass is 401 g/mol. The fourth-order valence-electron chi connectivity index (χ4n) is 3.40. The lowest BCUT2D eigenvalue weighted by Crippen LogP contribution is -2.23. The average Bonchev–Trinajstić information content (AvgIpc) is 2.72. The number of ketones is 2. The number of carbonyl (C=O) groups excluding carboxylic acids is 3. The van der Waals surface area contributed by atoms with Gasteiger partial charge in [-0.3, -0.25) is 14.4 Å². The summed E-state index contributed by atoms with van der Waals surface area (Å²) in [5.74, 6) is -0.783. The molecule has 1 aliphatic carbocycles. The summed E-state index contributed by atoms with van der Waals surface area (Å²) < 4.78 is 0. The van der Waals surface area contributed by atoms with Gasteiger partial charge in [-0.15, -0.1) is 11.8 Å². The standard InChI is InChI=1S/C24H19NO3S/c1-14(2)29-16-12-10-15(11-13-16)24(28)25-20-9-5-8-19-21(20)23(27)18-7-4-3-6-17(18)22(19)26/h3-14H,1-2H3,(H,25,28). The van der Waals surface area contributed by atoms with Gasteiger partial charge in [-0.2, -0.15) is 0 Å². The van der Waals surface area contributed by atoms with Crippen molar-refractivity contribution in [3.63, 3.8) is 0 Å². The van der Waals surface area contributed by atoms with E-state index in [-0.39, 0.29) is 23.0 Å². The van der Waals surface area contributed by atoms with Gasteiger partial charge >= 0.3 is 0 Å². The van der Waals surface area contributed by atoms with E-state index < -0.39 is 0 Å². The molecule has 0 bridgehead atoms. The molecule has 3 aromatic rings. The van der Waals surface area contributed by atoms with Crippen LogP contribution in [0.15, 0.2) is 71.6 Å². The van der Waals surface area contributed by atoms with Crippen LogP contribution in [0, 0.1) is 0 Å². The fraction of sp³-hybridized carbons (Fsp3) is 0.125. The molecule has 3 aromatic carbocycles. The number of thioether (sulfide) groups is 1. The van der Waals surface area contributed by atoms with Gasteiger partial charge in [-0.05, 0) is 30.3 Å². The highest BCUT2D eigenvalue weighted by atomic mass is 32.2. The molecule has 0 saturated heterocycles. The molecular formula is C24H19NO3S. The predicted octanol–water partition coefficient (Wildman–Crippen LogP) is 5.21. The van der Waals surface area contributed by atoms with Gasteiger partial charge in [0.15, 0.2) is 11.6 Å². The molecule has 5 heteroatoms. The maximum Gasteiger partial charge on any atom is 0.255 e. The van der Waals surface area contributed by atoms with Gasteiger partial charge in [0.05, 0.1) is 11.3 Å². The van der Waals surface area contributed by atoms with Gasteiger partial charge < -0.3 is 5.32 Å². The van der Waals surface area contributed by atoms with Crippen LogP contribution < -0.4 is 5.32 Å². The number of hydrogen-bond donors (Lipinski definition) is 1. The van der Waals surface area contributed by atoms with Crippen LogP contribution in [0.3, 0.4) is 0 Å². The molecular weight excluding hydrogens is 382 g/mol. The summed E-state index contributed by atoms with van der Waals surface area (Å²) in [7, 11) is 0. The Morgan fingerprint density at radius 2 is 1.41 bits per heavy atom. The summed E-state index contributed by atoms with van der Waals surface area (Å²) in [5, 5.41) is 3.27. The van der Waals surface area contributed by atoms with Gasteiger partial charge in [0.25, 0.3) is 5.91 Å². The molecule has 0 aromatic heterocycles. The summed E-state index contributed by atoms with van der Waals surface area (Å²) in [6.45, 7) is 4.22. The Morgan fingerprint density at radius 3 is 2.07 bits per heavy atom. The largest absolute Gasteiger partial charge is 0.321 e. The minimum absolute atomic E-state index is 0.207. The van der Waals surface area contributed by atoms with E-state index in [1.54, 1.807) is 66.4 Å². The van der Waals surface area contributed by atoms with Crippen molar-refractivity contribution in [2.24, 2.45) is 0 Å². The number of anilines is 1. The van der Waals surface area contributed by atoms with Crippen LogP contribution in [0.5, 0.6) is 0 Å². The highest BCUT2D eigenvalue weighted by Gasteiger charge is 2.31. The van der Waals surface area contributed by atoms with Gasteiger partial charge in [-0.1, -0.05) is 50.2 Å².